The predicted molar refractivity (Wildman–Crippen MR) is 61.5 cm³/mol. The molecule has 4 nitrogen and oxygen atoms in total. The van der Waals surface area contributed by atoms with Crippen molar-refractivity contribution in [2.75, 3.05) is 13.1 Å². The molecule has 2 rings (SSSR count). The molecule has 4 heteroatoms. The van der Waals surface area contributed by atoms with E-state index in [1.807, 2.05) is 6.07 Å². The molecule has 0 radical (unpaired) electrons. The highest BCUT2D eigenvalue weighted by Crippen LogP contribution is 2.13. The smallest absolute Gasteiger partial charge is 0.352 e. The van der Waals surface area contributed by atoms with Crippen LogP contribution in [0.1, 0.15) is 41.9 Å². The lowest BCUT2D eigenvalue weighted by Gasteiger charge is -2.18. The topological polar surface area (TPSA) is 56.3 Å². The number of carbonyl (C=O) groups is 1. The zero-order chi connectivity index (χ0) is 11.4. The maximum atomic E-state index is 10.7. The van der Waals surface area contributed by atoms with E-state index in [4.69, 9.17) is 5.11 Å². The Morgan fingerprint density at radius 2 is 1.94 bits per heavy atom. The highest BCUT2D eigenvalue weighted by molar-refractivity contribution is 5.85. The Balaban J connectivity index is 1.94. The number of nitrogens with one attached hydrogen (secondary N) is 1. The maximum Gasteiger partial charge on any atom is 0.352 e. The number of likely N-dealkylation sites (tertiary alicyclic amines) is 1. The Bertz CT molecular complexity index is 352. The molecule has 0 saturated carbocycles. The molecule has 0 aliphatic carbocycles. The van der Waals surface area contributed by atoms with E-state index in [0.29, 0.717) is 0 Å². The molecule has 1 saturated heterocycles. The quantitative estimate of drug-likeness (QED) is 0.823. The molecule has 0 amide bonds. The highest BCUT2D eigenvalue weighted by atomic mass is 16.4. The monoisotopic (exact) mass is 222 g/mol. The molecule has 0 unspecified atom stereocenters. The van der Waals surface area contributed by atoms with Crippen molar-refractivity contribution in [1.29, 1.82) is 0 Å². The summed E-state index contributed by atoms with van der Waals surface area (Å²) in [5.41, 5.74) is 1.28. The summed E-state index contributed by atoms with van der Waals surface area (Å²) in [6.45, 7) is 3.09. The van der Waals surface area contributed by atoms with E-state index in [9.17, 15) is 4.79 Å². The molecular weight excluding hydrogens is 204 g/mol. The van der Waals surface area contributed by atoms with Gasteiger partial charge in [-0.1, -0.05) is 12.8 Å². The van der Waals surface area contributed by atoms with Gasteiger partial charge in [-0.15, -0.1) is 0 Å². The van der Waals surface area contributed by atoms with Crippen LogP contribution in [-0.2, 0) is 6.54 Å². The van der Waals surface area contributed by atoms with Crippen LogP contribution in [0.5, 0.6) is 0 Å². The second-order valence-electron chi connectivity index (χ2n) is 4.39. The van der Waals surface area contributed by atoms with Gasteiger partial charge < -0.3 is 10.1 Å². The maximum absolute atomic E-state index is 10.7. The van der Waals surface area contributed by atoms with E-state index in [1.54, 1.807) is 6.07 Å². The van der Waals surface area contributed by atoms with Crippen molar-refractivity contribution in [3.63, 3.8) is 0 Å². The number of rotatable bonds is 3. The molecule has 1 aromatic heterocycles. The van der Waals surface area contributed by atoms with Gasteiger partial charge in [-0.05, 0) is 38.1 Å². The summed E-state index contributed by atoms with van der Waals surface area (Å²) < 4.78 is 0. The molecule has 2 heterocycles. The van der Waals surface area contributed by atoms with Crippen LogP contribution in [0.25, 0.3) is 0 Å². The first-order chi connectivity index (χ1) is 7.75. The largest absolute Gasteiger partial charge is 0.477 e. The minimum absolute atomic E-state index is 0.282. The lowest BCUT2D eigenvalue weighted by molar-refractivity contribution is 0.0691. The van der Waals surface area contributed by atoms with Crippen LogP contribution in [0.4, 0.5) is 0 Å². The Hall–Kier alpha value is -1.29. The highest BCUT2D eigenvalue weighted by Gasteiger charge is 2.11. The number of H-pyrrole nitrogens is 1. The minimum atomic E-state index is -0.887. The van der Waals surface area contributed by atoms with Crippen molar-refractivity contribution in [2.24, 2.45) is 0 Å². The van der Waals surface area contributed by atoms with Gasteiger partial charge in [0, 0.05) is 12.2 Å². The molecule has 1 aliphatic heterocycles. The predicted octanol–water partition coefficient (Wildman–Crippen LogP) is 2.09. The zero-order valence-corrected chi connectivity index (χ0v) is 9.41. The molecule has 0 atom stereocenters. The number of aromatic carboxylic acids is 1. The molecule has 1 fully saturated rings. The fourth-order valence-corrected chi connectivity index (χ4v) is 2.19. The second-order valence-corrected chi connectivity index (χ2v) is 4.39. The molecule has 1 aromatic rings. The Labute approximate surface area is 95.3 Å². The van der Waals surface area contributed by atoms with Gasteiger partial charge in [-0.3, -0.25) is 4.90 Å². The molecule has 2 N–H and O–H groups in total. The van der Waals surface area contributed by atoms with E-state index in [1.165, 1.54) is 25.7 Å². The molecule has 16 heavy (non-hydrogen) atoms. The second kappa shape index (κ2) is 5.16. The van der Waals surface area contributed by atoms with Gasteiger partial charge in [0.1, 0.15) is 5.69 Å². The molecule has 88 valence electrons. The molecular formula is C12H18N2O2. The average Bonchev–Trinajstić information content (AvgIpc) is 2.56. The van der Waals surface area contributed by atoms with Gasteiger partial charge in [0.05, 0.1) is 0 Å². The van der Waals surface area contributed by atoms with Crippen molar-refractivity contribution in [1.82, 2.24) is 9.88 Å². The van der Waals surface area contributed by atoms with Crippen molar-refractivity contribution in [3.05, 3.63) is 23.5 Å². The summed E-state index contributed by atoms with van der Waals surface area (Å²) in [6, 6.07) is 3.50. The first kappa shape index (κ1) is 11.2. The van der Waals surface area contributed by atoms with Crippen molar-refractivity contribution in [3.8, 4) is 0 Å². The summed E-state index contributed by atoms with van der Waals surface area (Å²) in [7, 11) is 0. The van der Waals surface area contributed by atoms with E-state index >= 15 is 0 Å². The van der Waals surface area contributed by atoms with Gasteiger partial charge >= 0.3 is 5.97 Å². The van der Waals surface area contributed by atoms with E-state index in [0.717, 1.165) is 25.3 Å². The van der Waals surface area contributed by atoms with Gasteiger partial charge in [-0.2, -0.15) is 0 Å². The molecule has 1 aliphatic rings. The number of carboxylic acid groups (broad SMARTS) is 1. The summed E-state index contributed by atoms with van der Waals surface area (Å²) >= 11 is 0. The summed E-state index contributed by atoms with van der Waals surface area (Å²) in [6.07, 6.45) is 5.15. The third-order valence-corrected chi connectivity index (χ3v) is 3.07. The van der Waals surface area contributed by atoms with Crippen molar-refractivity contribution in [2.45, 2.75) is 32.2 Å². The summed E-state index contributed by atoms with van der Waals surface area (Å²) in [5, 5.41) is 8.80. The summed E-state index contributed by atoms with van der Waals surface area (Å²) in [5.74, 6) is -0.887. The van der Waals surface area contributed by atoms with Gasteiger partial charge in [0.15, 0.2) is 0 Å². The van der Waals surface area contributed by atoms with Crippen LogP contribution in [0.2, 0.25) is 0 Å². The van der Waals surface area contributed by atoms with Crippen molar-refractivity contribution < 1.29 is 9.90 Å². The van der Waals surface area contributed by atoms with E-state index < -0.39 is 5.97 Å². The molecule has 0 spiro atoms. The number of nitrogens with zero attached hydrogens (tertiary/aromatic N) is 1. The number of hydrogen-bond donors (Lipinski definition) is 2. The van der Waals surface area contributed by atoms with Gasteiger partial charge in [-0.25, -0.2) is 4.79 Å². The first-order valence-corrected chi connectivity index (χ1v) is 5.89. The lowest BCUT2D eigenvalue weighted by atomic mass is 10.2. The van der Waals surface area contributed by atoms with Crippen LogP contribution in [0.3, 0.4) is 0 Å². The number of hydrogen-bond acceptors (Lipinski definition) is 2. The lowest BCUT2D eigenvalue weighted by Crippen LogP contribution is -2.24. The fourth-order valence-electron chi connectivity index (χ4n) is 2.19. The number of aromatic nitrogens is 1. The number of aromatic amines is 1. The van der Waals surface area contributed by atoms with E-state index in [-0.39, 0.29) is 5.69 Å². The van der Waals surface area contributed by atoms with Gasteiger partial charge in [0.25, 0.3) is 0 Å². The van der Waals surface area contributed by atoms with Gasteiger partial charge in [0.2, 0.25) is 0 Å². The Kier molecular flexibility index (Phi) is 3.62. The SMILES string of the molecule is O=C(O)c1ccc(CN2CCCCCC2)[nH]1. The normalized spacial score (nSPS) is 18.2. The van der Waals surface area contributed by atoms with Crippen LogP contribution in [0, 0.1) is 0 Å². The Morgan fingerprint density at radius 3 is 2.50 bits per heavy atom. The van der Waals surface area contributed by atoms with Crippen molar-refractivity contribution >= 4 is 5.97 Å². The Morgan fingerprint density at radius 1 is 1.25 bits per heavy atom. The third-order valence-electron chi connectivity index (χ3n) is 3.07. The zero-order valence-electron chi connectivity index (χ0n) is 9.41. The first-order valence-electron chi connectivity index (χ1n) is 5.89. The third kappa shape index (κ3) is 2.85. The molecule has 0 bridgehead atoms. The average molecular weight is 222 g/mol. The van der Waals surface area contributed by atoms with Crippen LogP contribution in [-0.4, -0.2) is 34.0 Å². The van der Waals surface area contributed by atoms with Crippen LogP contribution >= 0.6 is 0 Å². The minimum Gasteiger partial charge on any atom is -0.477 e. The van der Waals surface area contributed by atoms with Crippen LogP contribution in [0.15, 0.2) is 12.1 Å². The van der Waals surface area contributed by atoms with Crippen LogP contribution < -0.4 is 0 Å². The number of carboxylic acids is 1. The van der Waals surface area contributed by atoms with E-state index in [2.05, 4.69) is 9.88 Å². The molecule has 0 aromatic carbocycles. The summed E-state index contributed by atoms with van der Waals surface area (Å²) in [4.78, 5) is 16.0. The fraction of sp³-hybridized carbons (Fsp3) is 0.583. The standard InChI is InChI=1S/C12H18N2O2/c15-12(16)11-6-5-10(13-11)9-14-7-3-1-2-4-8-14/h5-6,13H,1-4,7-9H2,(H,15,16).